The number of carbonyl (C=O) groups excluding carboxylic acids is 2. The van der Waals surface area contributed by atoms with Gasteiger partial charge in [0.2, 0.25) is 11.8 Å². The number of aromatic hydroxyl groups is 1. The molecule has 17 heavy (non-hydrogen) atoms. The Morgan fingerprint density at radius 3 is 2.12 bits per heavy atom. The lowest BCUT2D eigenvalue weighted by Gasteiger charge is -2.19. The Hall–Kier alpha value is -2.04. The molecule has 0 saturated carbocycles. The molecule has 0 spiro atoms. The highest BCUT2D eigenvalue weighted by Crippen LogP contribution is 2.32. The Morgan fingerprint density at radius 1 is 1.06 bits per heavy atom. The zero-order chi connectivity index (χ0) is 12.0. The summed E-state index contributed by atoms with van der Waals surface area (Å²) in [5.74, 6) is -0.572. The van der Waals surface area contributed by atoms with Crippen LogP contribution < -0.4 is 10.2 Å². The molecule has 0 aliphatic carbocycles. The number of phenolic OH excluding ortho intramolecular Hbond substituents is 1. The quantitative estimate of drug-likeness (QED) is 0.674. The van der Waals surface area contributed by atoms with Gasteiger partial charge in [-0.3, -0.25) is 14.9 Å². The molecule has 3 rings (SSSR count). The molecule has 0 unspecified atom stereocenters. The SMILES string of the molecule is O=C1NC(=O)[C@@H]2CN(c3ccc(O)cc3)C[C@H]12. The van der Waals surface area contributed by atoms with Crippen molar-refractivity contribution in [2.45, 2.75) is 0 Å². The van der Waals surface area contributed by atoms with Crippen molar-refractivity contribution in [2.75, 3.05) is 18.0 Å². The van der Waals surface area contributed by atoms with Crippen LogP contribution in [0.2, 0.25) is 0 Å². The minimum absolute atomic E-state index is 0.165. The van der Waals surface area contributed by atoms with Crippen LogP contribution >= 0.6 is 0 Å². The summed E-state index contributed by atoms with van der Waals surface area (Å²) < 4.78 is 0. The molecule has 2 amide bonds. The molecule has 0 bridgehead atoms. The number of rotatable bonds is 1. The highest BCUT2D eigenvalue weighted by atomic mass is 16.3. The molecule has 5 heteroatoms. The van der Waals surface area contributed by atoms with Gasteiger partial charge in [0.15, 0.2) is 0 Å². The first kappa shape index (κ1) is 10.1. The Morgan fingerprint density at radius 2 is 1.59 bits per heavy atom. The number of hydrogen-bond donors (Lipinski definition) is 2. The second kappa shape index (κ2) is 3.48. The van der Waals surface area contributed by atoms with Crippen molar-refractivity contribution in [1.29, 1.82) is 0 Å². The summed E-state index contributed by atoms with van der Waals surface area (Å²) in [6, 6.07) is 6.79. The van der Waals surface area contributed by atoms with Crippen LogP contribution in [-0.2, 0) is 9.59 Å². The molecular weight excluding hydrogens is 220 g/mol. The van der Waals surface area contributed by atoms with E-state index in [4.69, 9.17) is 0 Å². The molecule has 0 radical (unpaired) electrons. The third-order valence-electron chi connectivity index (χ3n) is 3.45. The number of phenols is 1. The van der Waals surface area contributed by atoms with Gasteiger partial charge in [0.25, 0.3) is 0 Å². The van der Waals surface area contributed by atoms with Gasteiger partial charge in [-0.25, -0.2) is 0 Å². The molecule has 0 aromatic heterocycles. The second-order valence-electron chi connectivity index (χ2n) is 4.49. The fourth-order valence-electron chi connectivity index (χ4n) is 2.52. The van der Waals surface area contributed by atoms with E-state index in [0.717, 1.165) is 5.69 Å². The third-order valence-corrected chi connectivity index (χ3v) is 3.45. The molecule has 88 valence electrons. The Bertz CT molecular complexity index is 461. The smallest absolute Gasteiger partial charge is 0.232 e. The summed E-state index contributed by atoms with van der Waals surface area (Å²) >= 11 is 0. The van der Waals surface area contributed by atoms with E-state index in [1.807, 2.05) is 4.90 Å². The largest absolute Gasteiger partial charge is 0.508 e. The summed E-state index contributed by atoms with van der Waals surface area (Å²) in [7, 11) is 0. The lowest BCUT2D eigenvalue weighted by molar-refractivity contribution is -0.126. The van der Waals surface area contributed by atoms with Crippen LogP contribution in [0.4, 0.5) is 5.69 Å². The Kier molecular flexibility index (Phi) is 2.07. The normalized spacial score (nSPS) is 27.2. The molecule has 2 heterocycles. The Labute approximate surface area is 98.0 Å². The van der Waals surface area contributed by atoms with Crippen LogP contribution in [0.25, 0.3) is 0 Å². The second-order valence-corrected chi connectivity index (χ2v) is 4.49. The number of nitrogens with zero attached hydrogens (tertiary/aromatic N) is 1. The van der Waals surface area contributed by atoms with Crippen molar-refractivity contribution in [3.8, 4) is 5.75 Å². The number of benzene rings is 1. The predicted octanol–water partition coefficient (Wildman–Crippen LogP) is 0.101. The number of hydrogen-bond acceptors (Lipinski definition) is 4. The van der Waals surface area contributed by atoms with Gasteiger partial charge in [-0.1, -0.05) is 0 Å². The fraction of sp³-hybridized carbons (Fsp3) is 0.333. The van der Waals surface area contributed by atoms with E-state index in [1.54, 1.807) is 24.3 Å². The van der Waals surface area contributed by atoms with Crippen molar-refractivity contribution in [1.82, 2.24) is 5.32 Å². The first-order valence-electron chi connectivity index (χ1n) is 5.54. The lowest BCUT2D eigenvalue weighted by atomic mass is 10.00. The van der Waals surface area contributed by atoms with Gasteiger partial charge in [0.1, 0.15) is 5.75 Å². The molecule has 2 atom stereocenters. The molecule has 1 aromatic rings. The molecular formula is C12H12N2O3. The number of anilines is 1. The summed E-state index contributed by atoms with van der Waals surface area (Å²) in [4.78, 5) is 25.0. The lowest BCUT2D eigenvalue weighted by Crippen LogP contribution is -2.31. The van der Waals surface area contributed by atoms with E-state index < -0.39 is 0 Å². The number of imide groups is 1. The average molecular weight is 232 g/mol. The summed E-state index contributed by atoms with van der Waals surface area (Å²) in [6.07, 6.45) is 0. The van der Waals surface area contributed by atoms with E-state index >= 15 is 0 Å². The highest BCUT2D eigenvalue weighted by molar-refractivity contribution is 6.06. The molecule has 2 N–H and O–H groups in total. The zero-order valence-electron chi connectivity index (χ0n) is 9.09. The summed E-state index contributed by atoms with van der Waals surface area (Å²) in [6.45, 7) is 1.13. The van der Waals surface area contributed by atoms with Gasteiger partial charge in [-0.15, -0.1) is 0 Å². The maximum atomic E-state index is 11.5. The molecule has 2 aliphatic heterocycles. The van der Waals surface area contributed by atoms with Crippen molar-refractivity contribution in [3.05, 3.63) is 24.3 Å². The molecule has 2 aliphatic rings. The van der Waals surface area contributed by atoms with Crippen LogP contribution in [0.15, 0.2) is 24.3 Å². The summed E-state index contributed by atoms with van der Waals surface area (Å²) in [5.41, 5.74) is 0.929. The predicted molar refractivity (Wildman–Crippen MR) is 60.4 cm³/mol. The van der Waals surface area contributed by atoms with Gasteiger partial charge in [0, 0.05) is 18.8 Å². The van der Waals surface area contributed by atoms with Gasteiger partial charge in [0.05, 0.1) is 11.8 Å². The van der Waals surface area contributed by atoms with Crippen molar-refractivity contribution in [3.63, 3.8) is 0 Å². The number of nitrogens with one attached hydrogen (secondary N) is 1. The first-order chi connectivity index (χ1) is 8.15. The van der Waals surface area contributed by atoms with Crippen molar-refractivity contribution >= 4 is 17.5 Å². The average Bonchev–Trinajstić information content (AvgIpc) is 2.83. The van der Waals surface area contributed by atoms with Gasteiger partial charge >= 0.3 is 0 Å². The van der Waals surface area contributed by atoms with Crippen molar-refractivity contribution < 1.29 is 14.7 Å². The maximum absolute atomic E-state index is 11.5. The highest BCUT2D eigenvalue weighted by Gasteiger charge is 2.47. The molecule has 1 aromatic carbocycles. The first-order valence-corrected chi connectivity index (χ1v) is 5.54. The van der Waals surface area contributed by atoms with Gasteiger partial charge in [-0.05, 0) is 24.3 Å². The van der Waals surface area contributed by atoms with Crippen LogP contribution in [0.3, 0.4) is 0 Å². The van der Waals surface area contributed by atoms with E-state index in [1.165, 1.54) is 0 Å². The Balaban J connectivity index is 1.83. The molecule has 2 fully saturated rings. The third kappa shape index (κ3) is 1.54. The zero-order valence-corrected chi connectivity index (χ0v) is 9.09. The van der Waals surface area contributed by atoms with Crippen LogP contribution in [0.5, 0.6) is 5.75 Å². The maximum Gasteiger partial charge on any atom is 0.232 e. The number of fused-ring (bicyclic) bond motifs is 1. The number of carbonyl (C=O) groups is 2. The minimum atomic E-state index is -0.226. The van der Waals surface area contributed by atoms with Gasteiger partial charge < -0.3 is 10.0 Å². The topological polar surface area (TPSA) is 69.6 Å². The molecule has 5 nitrogen and oxygen atoms in total. The standard InChI is InChI=1S/C12H12N2O3/c15-8-3-1-7(2-4-8)14-5-9-10(6-14)12(17)13-11(9)16/h1-4,9-10,15H,5-6H2,(H,13,16,17)/t9-,10+. The monoisotopic (exact) mass is 232 g/mol. The van der Waals surface area contributed by atoms with E-state index in [2.05, 4.69) is 5.32 Å². The number of amides is 2. The summed E-state index contributed by atoms with van der Waals surface area (Å²) in [5, 5.41) is 11.6. The van der Waals surface area contributed by atoms with E-state index in [0.29, 0.717) is 13.1 Å². The van der Waals surface area contributed by atoms with E-state index in [9.17, 15) is 14.7 Å². The van der Waals surface area contributed by atoms with Crippen LogP contribution in [0.1, 0.15) is 0 Å². The minimum Gasteiger partial charge on any atom is -0.508 e. The van der Waals surface area contributed by atoms with E-state index in [-0.39, 0.29) is 29.4 Å². The fourth-order valence-corrected chi connectivity index (χ4v) is 2.52. The van der Waals surface area contributed by atoms with Crippen LogP contribution in [-0.4, -0.2) is 30.0 Å². The van der Waals surface area contributed by atoms with Crippen LogP contribution in [0, 0.1) is 11.8 Å². The van der Waals surface area contributed by atoms with Crippen molar-refractivity contribution in [2.24, 2.45) is 11.8 Å². The van der Waals surface area contributed by atoms with Gasteiger partial charge in [-0.2, -0.15) is 0 Å². The molecule has 2 saturated heterocycles.